The van der Waals surface area contributed by atoms with Crippen molar-refractivity contribution in [1.82, 2.24) is 5.32 Å². The lowest BCUT2D eigenvalue weighted by Crippen LogP contribution is -2.38. The van der Waals surface area contributed by atoms with Crippen LogP contribution in [0.5, 0.6) is 5.75 Å². The molecule has 0 heterocycles. The first kappa shape index (κ1) is 27.7. The van der Waals surface area contributed by atoms with E-state index in [1.807, 2.05) is 0 Å². The molecule has 0 bridgehead atoms. The predicted molar refractivity (Wildman–Crippen MR) is 144 cm³/mol. The Morgan fingerprint density at radius 1 is 1.05 bits per heavy atom. The van der Waals surface area contributed by atoms with Crippen LogP contribution in [0.3, 0.4) is 0 Å². The number of carbonyl (C=O) groups is 1. The third-order valence-electron chi connectivity index (χ3n) is 5.32. The van der Waals surface area contributed by atoms with Gasteiger partial charge in [-0.25, -0.2) is 8.42 Å². The fraction of sp³-hybridized carbons (Fsp3) is 0.231. The lowest BCUT2D eigenvalue weighted by Gasteiger charge is -2.15. The van der Waals surface area contributed by atoms with Gasteiger partial charge in [0, 0.05) is 50.1 Å². The molecule has 0 aliphatic heterocycles. The summed E-state index contributed by atoms with van der Waals surface area (Å²) < 4.78 is 33.8. The third-order valence-corrected chi connectivity index (χ3v) is 6.70. The fourth-order valence-electron chi connectivity index (χ4n) is 3.56. The van der Waals surface area contributed by atoms with Gasteiger partial charge in [-0.05, 0) is 48.0 Å². The normalized spacial score (nSPS) is 12.0. The Labute approximate surface area is 216 Å². The van der Waals surface area contributed by atoms with Crippen LogP contribution in [0.25, 0.3) is 0 Å². The third kappa shape index (κ3) is 8.04. The number of carbonyl (C=O) groups excluding carboxylic acids is 1. The first-order valence-corrected chi connectivity index (χ1v) is 13.0. The average molecular weight is 527 g/mol. The number of aliphatic hydroxyl groups is 1. The van der Waals surface area contributed by atoms with Crippen molar-refractivity contribution in [1.29, 1.82) is 0 Å². The summed E-state index contributed by atoms with van der Waals surface area (Å²) in [5.74, 6) is 0.316. The fourth-order valence-corrected chi connectivity index (χ4v) is 4.65. The van der Waals surface area contributed by atoms with Gasteiger partial charge >= 0.3 is 0 Å². The SMILES string of the molecule is CC(=[NH2+])c1ccc(OCCNC[C@H](O)c2cccc(NS(=O)(=O)c3cccc(NC(C)=O)c3)c2)cc1N. The zero-order chi connectivity index (χ0) is 27.0. The van der Waals surface area contributed by atoms with E-state index < -0.39 is 16.1 Å². The number of rotatable bonds is 12. The van der Waals surface area contributed by atoms with Crippen LogP contribution in [0, 0.1) is 0 Å². The van der Waals surface area contributed by atoms with Gasteiger partial charge in [0.2, 0.25) is 5.91 Å². The van der Waals surface area contributed by atoms with Crippen molar-refractivity contribution >= 4 is 38.7 Å². The summed E-state index contributed by atoms with van der Waals surface area (Å²) in [6.45, 7) is 4.18. The van der Waals surface area contributed by atoms with Crippen molar-refractivity contribution in [2.45, 2.75) is 24.8 Å². The van der Waals surface area contributed by atoms with E-state index in [9.17, 15) is 18.3 Å². The summed E-state index contributed by atoms with van der Waals surface area (Å²) in [6.07, 6.45) is -0.870. The molecule has 11 heteroatoms. The minimum atomic E-state index is -3.91. The molecule has 8 N–H and O–H groups in total. The molecule has 1 atom stereocenters. The van der Waals surface area contributed by atoms with Crippen LogP contribution in [-0.2, 0) is 14.8 Å². The van der Waals surface area contributed by atoms with E-state index >= 15 is 0 Å². The zero-order valence-electron chi connectivity index (χ0n) is 20.7. The van der Waals surface area contributed by atoms with Gasteiger partial charge in [-0.2, -0.15) is 0 Å². The van der Waals surface area contributed by atoms with Gasteiger partial charge in [0.15, 0.2) is 5.71 Å². The average Bonchev–Trinajstić information content (AvgIpc) is 2.83. The molecule has 37 heavy (non-hydrogen) atoms. The molecule has 0 aliphatic carbocycles. The lowest BCUT2D eigenvalue weighted by molar-refractivity contribution is -0.114. The number of nitrogen functional groups attached to an aromatic ring is 1. The van der Waals surface area contributed by atoms with Gasteiger partial charge in [0.1, 0.15) is 12.4 Å². The van der Waals surface area contributed by atoms with Gasteiger partial charge in [-0.1, -0.05) is 18.2 Å². The van der Waals surface area contributed by atoms with Crippen molar-refractivity contribution in [3.8, 4) is 5.75 Å². The van der Waals surface area contributed by atoms with Crippen LogP contribution in [0.2, 0.25) is 0 Å². The number of nitrogens with two attached hydrogens (primary N) is 2. The van der Waals surface area contributed by atoms with Crippen molar-refractivity contribution in [2.24, 2.45) is 0 Å². The van der Waals surface area contributed by atoms with E-state index in [1.165, 1.54) is 19.1 Å². The van der Waals surface area contributed by atoms with Crippen LogP contribution >= 0.6 is 0 Å². The van der Waals surface area contributed by atoms with Crippen LogP contribution < -0.4 is 31.2 Å². The molecule has 196 valence electrons. The van der Waals surface area contributed by atoms with E-state index in [0.717, 1.165) is 5.56 Å². The summed E-state index contributed by atoms with van der Waals surface area (Å²) >= 11 is 0. The molecule has 3 rings (SSSR count). The molecule has 0 saturated carbocycles. The molecule has 0 saturated heterocycles. The molecule has 0 aliphatic rings. The number of nitrogens with one attached hydrogen (secondary N) is 3. The summed E-state index contributed by atoms with van der Waals surface area (Å²) in [5, 5.41) is 22.0. The second kappa shape index (κ2) is 12.3. The smallest absolute Gasteiger partial charge is 0.261 e. The predicted octanol–water partition coefficient (Wildman–Crippen LogP) is 1.30. The van der Waals surface area contributed by atoms with E-state index in [2.05, 4.69) is 15.4 Å². The van der Waals surface area contributed by atoms with Crippen LogP contribution in [0.1, 0.15) is 31.1 Å². The van der Waals surface area contributed by atoms with Crippen molar-refractivity contribution in [3.63, 3.8) is 0 Å². The Bertz CT molecular complexity index is 1380. The minimum Gasteiger partial charge on any atom is -0.492 e. The summed E-state index contributed by atoms with van der Waals surface area (Å²) in [6, 6.07) is 17.8. The number of amides is 1. The van der Waals surface area contributed by atoms with Gasteiger partial charge in [0.05, 0.1) is 16.6 Å². The van der Waals surface area contributed by atoms with E-state index in [4.69, 9.17) is 15.9 Å². The number of ether oxygens (including phenoxy) is 1. The maximum atomic E-state index is 12.8. The largest absolute Gasteiger partial charge is 0.492 e. The zero-order valence-corrected chi connectivity index (χ0v) is 21.5. The van der Waals surface area contributed by atoms with E-state index in [1.54, 1.807) is 61.5 Å². The summed E-state index contributed by atoms with van der Waals surface area (Å²) in [4.78, 5) is 11.3. The van der Waals surface area contributed by atoms with Gasteiger partial charge in [-0.15, -0.1) is 0 Å². The van der Waals surface area contributed by atoms with Crippen LogP contribution in [0.4, 0.5) is 17.1 Å². The van der Waals surface area contributed by atoms with Crippen molar-refractivity contribution in [3.05, 3.63) is 77.9 Å². The van der Waals surface area contributed by atoms with Crippen molar-refractivity contribution < 1.29 is 28.5 Å². The van der Waals surface area contributed by atoms with Gasteiger partial charge in [0.25, 0.3) is 10.0 Å². The standard InChI is InChI=1S/C26H31N5O5S/c1-17(27)24-10-9-22(15-25(24)28)36-12-11-29-16-26(33)19-5-3-7-21(13-19)31-37(34,35)23-8-4-6-20(14-23)30-18(2)32/h3-10,13-15,26-27,29,31,33H,11-12,16,28H2,1-2H3,(H,30,32)/p+1/t26-/m0/s1. The van der Waals surface area contributed by atoms with Gasteiger partial charge < -0.3 is 26.2 Å². The Hall–Kier alpha value is -3.93. The second-order valence-corrected chi connectivity index (χ2v) is 10.1. The molecule has 0 fully saturated rings. The van der Waals surface area contributed by atoms with Crippen molar-refractivity contribution in [2.75, 3.05) is 35.5 Å². The Morgan fingerprint density at radius 3 is 2.49 bits per heavy atom. The molecule has 1 amide bonds. The number of benzene rings is 3. The molecule has 0 unspecified atom stereocenters. The number of hydrogen-bond acceptors (Lipinski definition) is 7. The van der Waals surface area contributed by atoms with Crippen LogP contribution in [-0.4, -0.2) is 44.8 Å². The quantitative estimate of drug-likeness (QED) is 0.117. The lowest BCUT2D eigenvalue weighted by atomic mass is 10.1. The summed E-state index contributed by atoms with van der Waals surface area (Å²) in [5.41, 5.74) is 9.14. The highest BCUT2D eigenvalue weighted by Crippen LogP contribution is 2.23. The summed E-state index contributed by atoms with van der Waals surface area (Å²) in [7, 11) is -3.91. The molecule has 0 spiro atoms. The molecule has 10 nitrogen and oxygen atoms in total. The highest BCUT2D eigenvalue weighted by molar-refractivity contribution is 7.92. The Kier molecular flexibility index (Phi) is 9.23. The topological polar surface area (TPSA) is 168 Å². The number of hydrogen-bond donors (Lipinski definition) is 6. The van der Waals surface area contributed by atoms with Gasteiger partial charge in [-0.3, -0.25) is 14.9 Å². The number of aliphatic hydroxyl groups excluding tert-OH is 1. The molecular formula is C26H32N5O5S+. The first-order valence-electron chi connectivity index (χ1n) is 11.6. The molecule has 3 aromatic carbocycles. The number of sulfonamides is 1. The Morgan fingerprint density at radius 2 is 1.78 bits per heavy atom. The molecular weight excluding hydrogens is 494 g/mol. The highest BCUT2D eigenvalue weighted by atomic mass is 32.2. The minimum absolute atomic E-state index is 0.000872. The molecule has 0 radical (unpaired) electrons. The maximum Gasteiger partial charge on any atom is 0.261 e. The monoisotopic (exact) mass is 526 g/mol. The Balaban J connectivity index is 1.52. The first-order chi connectivity index (χ1) is 17.5. The molecule has 3 aromatic rings. The maximum absolute atomic E-state index is 12.8. The second-order valence-electron chi connectivity index (χ2n) is 8.44. The van der Waals surface area contributed by atoms with Crippen LogP contribution in [0.15, 0.2) is 71.6 Å². The van der Waals surface area contributed by atoms with E-state index in [-0.39, 0.29) is 17.3 Å². The van der Waals surface area contributed by atoms with E-state index in [0.29, 0.717) is 47.2 Å². The highest BCUT2D eigenvalue weighted by Gasteiger charge is 2.16. The number of anilines is 3. The molecule has 0 aromatic heterocycles.